The Morgan fingerprint density at radius 1 is 0.768 bits per heavy atom. The molecular formula is C36H43BiBrCl2N7O9. The Morgan fingerprint density at radius 2 is 1.27 bits per heavy atom. The maximum absolute atomic E-state index is 14.0. The van der Waals surface area contributed by atoms with E-state index in [1.807, 2.05) is 24.3 Å². The van der Waals surface area contributed by atoms with Crippen LogP contribution in [0.4, 0.5) is 15.3 Å². The van der Waals surface area contributed by atoms with Crippen LogP contribution in [0.15, 0.2) is 46.9 Å². The summed E-state index contributed by atoms with van der Waals surface area (Å²) in [5, 5.41) is 37.9. The third-order valence-corrected chi connectivity index (χ3v) is 10.5. The molecule has 2 aliphatic rings. The average molecular weight is 1080 g/mol. The molecule has 0 aromatic heterocycles. The Hall–Kier alpha value is -3.12. The summed E-state index contributed by atoms with van der Waals surface area (Å²) >= 11 is 15.9. The standard InChI is InChI=1S/C36H46BrCl2N7O9.Bi/c1-36(21-25-4-6-26(37)7-5-25)33(52)46(29-19-27(38)18-28(39)20-29)34(53)45(36)9-3-2-8-40-30(47)22-41-10-11-42(23-31(48)49)12-13-43(24-32(50)51)15-17-44(16-14-41)35(54)55;/h4-7,18-20H,2-3,8-17,21-24H2,1H3,(H,40,47)(H,48,49)(H,50,51)(H,54,55);/q;+3/p-3/t36-;/m0./s1. The first kappa shape index (κ1) is 47.3. The first-order valence-electron chi connectivity index (χ1n) is 17.7. The number of unbranched alkanes of at least 4 members (excludes halogenated alkanes) is 1. The maximum atomic E-state index is 14.0. The molecule has 56 heavy (non-hydrogen) atoms. The number of hydrogen-bond acceptors (Lipinski definition) is 12. The summed E-state index contributed by atoms with van der Waals surface area (Å²) in [4.78, 5) is 83.9. The SMILES string of the molecule is C[C@]1(Cc2ccc(Br)cc2)C(=O)N(c2cc(Cl)cc(Cl)c2)C(=O)N1CCCCNC(=O)CN1CCN(CC(=O)[O-])CCN(CC(=O)[O-])CCN(C(=O)[O-])CC1.[Bi+3]. The molecule has 2 radical (unpaired) electrons. The van der Waals surface area contributed by atoms with Crippen LogP contribution < -0.4 is 25.5 Å². The van der Waals surface area contributed by atoms with Crippen molar-refractivity contribution in [2.24, 2.45) is 0 Å². The number of imide groups is 1. The number of rotatable bonds is 14. The molecule has 20 heteroatoms. The second-order valence-corrected chi connectivity index (χ2v) is 15.5. The van der Waals surface area contributed by atoms with E-state index in [1.54, 1.807) is 16.7 Å². The molecule has 5 amide bonds. The number of hydrogen-bond donors (Lipinski definition) is 1. The van der Waals surface area contributed by atoms with E-state index < -0.39 is 48.6 Å². The molecule has 2 saturated heterocycles. The number of halogens is 3. The molecule has 0 bridgehead atoms. The van der Waals surface area contributed by atoms with Crippen LogP contribution in [0.25, 0.3) is 0 Å². The quantitative estimate of drug-likeness (QED) is 0.139. The van der Waals surface area contributed by atoms with Gasteiger partial charge in [-0.1, -0.05) is 51.3 Å². The van der Waals surface area contributed by atoms with Gasteiger partial charge in [0, 0.05) is 99.5 Å². The van der Waals surface area contributed by atoms with Gasteiger partial charge in [0.15, 0.2) is 0 Å². The summed E-state index contributed by atoms with van der Waals surface area (Å²) in [5.74, 6) is -3.45. The Labute approximate surface area is 362 Å². The van der Waals surface area contributed by atoms with E-state index in [0.717, 1.165) is 19.8 Å². The molecule has 0 aliphatic carbocycles. The number of anilines is 1. The Morgan fingerprint density at radius 3 is 1.77 bits per heavy atom. The van der Waals surface area contributed by atoms with Crippen LogP contribution in [0, 0.1) is 0 Å². The number of amides is 5. The van der Waals surface area contributed by atoms with Crippen molar-refractivity contribution in [1.29, 1.82) is 0 Å². The topological polar surface area (TPSA) is 203 Å². The van der Waals surface area contributed by atoms with E-state index in [4.69, 9.17) is 23.2 Å². The molecule has 2 aromatic rings. The molecule has 16 nitrogen and oxygen atoms in total. The zero-order valence-corrected chi connectivity index (χ0v) is 37.4. The average Bonchev–Trinajstić information content (AvgIpc) is 3.27. The number of nitrogens with one attached hydrogen (secondary N) is 1. The van der Waals surface area contributed by atoms with E-state index in [9.17, 15) is 44.1 Å². The first-order chi connectivity index (χ1) is 26.0. The Kier molecular flexibility index (Phi) is 18.7. The van der Waals surface area contributed by atoms with Crippen molar-refractivity contribution in [3.05, 3.63) is 62.5 Å². The van der Waals surface area contributed by atoms with E-state index in [-0.39, 0.29) is 126 Å². The minimum Gasteiger partial charge on any atom is -0.549 e. The Bertz CT molecular complexity index is 1710. The Balaban J connectivity index is 0.00000841. The fourth-order valence-electron chi connectivity index (χ4n) is 6.63. The van der Waals surface area contributed by atoms with E-state index >= 15 is 0 Å². The summed E-state index contributed by atoms with van der Waals surface area (Å²) in [6, 6.07) is 11.5. The van der Waals surface area contributed by atoms with Crippen LogP contribution >= 0.6 is 39.1 Å². The van der Waals surface area contributed by atoms with Crippen molar-refractivity contribution in [2.45, 2.75) is 31.7 Å². The van der Waals surface area contributed by atoms with Gasteiger partial charge in [-0.25, -0.2) is 9.69 Å². The normalized spacial score (nSPS) is 19.2. The van der Waals surface area contributed by atoms with Gasteiger partial charge in [-0.2, -0.15) is 0 Å². The number of carboxylic acid groups (broad SMARTS) is 3. The van der Waals surface area contributed by atoms with Crippen molar-refractivity contribution in [3.63, 3.8) is 0 Å². The minimum absolute atomic E-state index is 0. The smallest absolute Gasteiger partial charge is 0.549 e. The fourth-order valence-corrected chi connectivity index (χ4v) is 7.40. The zero-order valence-electron chi connectivity index (χ0n) is 30.8. The van der Waals surface area contributed by atoms with Crippen LogP contribution in [0.1, 0.15) is 25.3 Å². The van der Waals surface area contributed by atoms with Crippen LogP contribution in [0.2, 0.25) is 10.0 Å². The number of carbonyl (C=O) groups is 6. The molecule has 302 valence electrons. The second kappa shape index (κ2) is 22.1. The largest absolute Gasteiger partial charge is 3.00 e. The zero-order chi connectivity index (χ0) is 40.3. The summed E-state index contributed by atoms with van der Waals surface area (Å²) in [6.45, 7) is 1.95. The molecular weight excluding hydrogens is 1030 g/mol. The summed E-state index contributed by atoms with van der Waals surface area (Å²) in [5.41, 5.74) is -0.131. The number of carboxylic acids is 2. The van der Waals surface area contributed by atoms with Gasteiger partial charge in [-0.15, -0.1) is 0 Å². The van der Waals surface area contributed by atoms with Gasteiger partial charge in [0.2, 0.25) is 5.91 Å². The molecule has 2 heterocycles. The van der Waals surface area contributed by atoms with Crippen molar-refractivity contribution < 1.29 is 44.1 Å². The van der Waals surface area contributed by atoms with Gasteiger partial charge >= 0.3 is 32.2 Å². The molecule has 2 aromatic carbocycles. The number of benzene rings is 2. The van der Waals surface area contributed by atoms with Crippen molar-refractivity contribution in [1.82, 2.24) is 29.8 Å². The first-order valence-corrected chi connectivity index (χ1v) is 19.3. The van der Waals surface area contributed by atoms with Gasteiger partial charge in [0.25, 0.3) is 5.91 Å². The van der Waals surface area contributed by atoms with Gasteiger partial charge in [0.05, 0.1) is 24.2 Å². The fraction of sp³-hybridized carbons (Fsp3) is 0.500. The summed E-state index contributed by atoms with van der Waals surface area (Å²) < 4.78 is 0.869. The third-order valence-electron chi connectivity index (χ3n) is 9.55. The predicted octanol–water partition coefficient (Wildman–Crippen LogP) is -0.894. The third kappa shape index (κ3) is 13.8. The molecule has 0 spiro atoms. The molecule has 0 unspecified atom stereocenters. The molecule has 4 rings (SSSR count). The monoisotopic (exact) mass is 1080 g/mol. The van der Waals surface area contributed by atoms with Gasteiger partial charge < -0.3 is 44.8 Å². The van der Waals surface area contributed by atoms with Crippen molar-refractivity contribution in [3.8, 4) is 0 Å². The van der Waals surface area contributed by atoms with Gasteiger partial charge in [-0.05, 0) is 55.7 Å². The number of carbonyl (C=O) groups excluding carboxylic acids is 6. The van der Waals surface area contributed by atoms with Crippen LogP contribution in [-0.2, 0) is 25.6 Å². The molecule has 2 aliphatic heterocycles. The molecule has 1 atom stereocenters. The molecule has 2 fully saturated rings. The predicted molar refractivity (Wildman–Crippen MR) is 207 cm³/mol. The van der Waals surface area contributed by atoms with Crippen LogP contribution in [0.3, 0.4) is 0 Å². The van der Waals surface area contributed by atoms with E-state index in [2.05, 4.69) is 21.2 Å². The number of aliphatic carboxylic acids is 2. The molecule has 1 N–H and O–H groups in total. The number of urea groups is 1. The van der Waals surface area contributed by atoms with Gasteiger partial charge in [0.1, 0.15) is 11.6 Å². The molecule has 0 saturated carbocycles. The number of nitrogens with zero attached hydrogens (tertiary/aromatic N) is 6. The van der Waals surface area contributed by atoms with Crippen molar-refractivity contribution >= 4 is 107 Å². The van der Waals surface area contributed by atoms with Crippen LogP contribution in [-0.4, -0.2) is 177 Å². The van der Waals surface area contributed by atoms with Crippen molar-refractivity contribution in [2.75, 3.05) is 90.0 Å². The second-order valence-electron chi connectivity index (χ2n) is 13.7. The minimum atomic E-state index is -1.45. The van der Waals surface area contributed by atoms with E-state index in [1.165, 1.54) is 28.0 Å². The maximum Gasteiger partial charge on any atom is 3.00 e. The summed E-state index contributed by atoms with van der Waals surface area (Å²) in [6.07, 6.45) is -0.298. The van der Waals surface area contributed by atoms with Gasteiger partial charge in [-0.3, -0.25) is 24.3 Å². The van der Waals surface area contributed by atoms with Crippen LogP contribution in [0.5, 0.6) is 0 Å². The van der Waals surface area contributed by atoms with E-state index in [0.29, 0.717) is 12.8 Å². The summed E-state index contributed by atoms with van der Waals surface area (Å²) in [7, 11) is 0.